The molecule has 2 aromatic rings. The standard InChI is InChI=1S/C15H13F4NO/c1-8-6-7-10(13(17)12(8)16)14(20)9-4-2-3-5-11(9)21-15(18)19/h2-7,14-15H,20H2,1H3. The first-order valence-electron chi connectivity index (χ1n) is 6.15. The maximum atomic E-state index is 13.9. The predicted molar refractivity (Wildman–Crippen MR) is 70.2 cm³/mol. The van der Waals surface area contributed by atoms with Crippen molar-refractivity contribution in [1.29, 1.82) is 0 Å². The van der Waals surface area contributed by atoms with Crippen molar-refractivity contribution in [3.63, 3.8) is 0 Å². The van der Waals surface area contributed by atoms with E-state index in [1.807, 2.05) is 0 Å². The molecule has 0 aromatic heterocycles. The van der Waals surface area contributed by atoms with Crippen molar-refractivity contribution >= 4 is 0 Å². The van der Waals surface area contributed by atoms with Gasteiger partial charge in [-0.15, -0.1) is 0 Å². The van der Waals surface area contributed by atoms with Crippen LogP contribution in [0.15, 0.2) is 36.4 Å². The van der Waals surface area contributed by atoms with Gasteiger partial charge in [0.25, 0.3) is 0 Å². The number of nitrogens with two attached hydrogens (primary N) is 1. The molecule has 1 atom stereocenters. The van der Waals surface area contributed by atoms with Crippen LogP contribution in [0.3, 0.4) is 0 Å². The second-order valence-corrected chi connectivity index (χ2v) is 4.49. The summed E-state index contributed by atoms with van der Waals surface area (Å²) in [5.74, 6) is -2.26. The molecule has 2 rings (SSSR count). The molecule has 0 amide bonds. The Morgan fingerprint density at radius 3 is 2.29 bits per heavy atom. The van der Waals surface area contributed by atoms with Gasteiger partial charge in [0.05, 0.1) is 6.04 Å². The van der Waals surface area contributed by atoms with Crippen LogP contribution in [0.4, 0.5) is 17.6 Å². The number of aryl methyl sites for hydroxylation is 1. The number of hydrogen-bond acceptors (Lipinski definition) is 2. The van der Waals surface area contributed by atoms with Crippen molar-refractivity contribution in [2.75, 3.05) is 0 Å². The summed E-state index contributed by atoms with van der Waals surface area (Å²) in [7, 11) is 0. The smallest absolute Gasteiger partial charge is 0.387 e. The van der Waals surface area contributed by atoms with Crippen LogP contribution in [0.1, 0.15) is 22.7 Å². The molecule has 0 aliphatic heterocycles. The zero-order valence-corrected chi connectivity index (χ0v) is 11.1. The molecule has 21 heavy (non-hydrogen) atoms. The molecule has 0 fully saturated rings. The van der Waals surface area contributed by atoms with Crippen LogP contribution in [0.5, 0.6) is 5.75 Å². The van der Waals surface area contributed by atoms with E-state index in [1.54, 1.807) is 6.07 Å². The molecular formula is C15H13F4NO. The lowest BCUT2D eigenvalue weighted by Gasteiger charge is -2.18. The lowest BCUT2D eigenvalue weighted by Crippen LogP contribution is -2.17. The van der Waals surface area contributed by atoms with Crippen molar-refractivity contribution in [2.45, 2.75) is 19.6 Å². The first-order valence-corrected chi connectivity index (χ1v) is 6.15. The SMILES string of the molecule is Cc1ccc(C(N)c2ccccc2OC(F)F)c(F)c1F. The highest BCUT2D eigenvalue weighted by molar-refractivity contribution is 5.42. The fourth-order valence-corrected chi connectivity index (χ4v) is 2.01. The van der Waals surface area contributed by atoms with Gasteiger partial charge in [0, 0.05) is 11.1 Å². The number of ether oxygens (including phenoxy) is 1. The molecule has 0 radical (unpaired) electrons. The largest absolute Gasteiger partial charge is 0.434 e. The molecule has 112 valence electrons. The summed E-state index contributed by atoms with van der Waals surface area (Å²) in [6.45, 7) is -1.61. The lowest BCUT2D eigenvalue weighted by atomic mass is 9.97. The normalized spacial score (nSPS) is 12.5. The summed E-state index contributed by atoms with van der Waals surface area (Å²) in [5, 5.41) is 0. The number of rotatable bonds is 4. The summed E-state index contributed by atoms with van der Waals surface area (Å²) < 4.78 is 56.6. The van der Waals surface area contributed by atoms with Gasteiger partial charge in [0.2, 0.25) is 0 Å². The first-order chi connectivity index (χ1) is 9.91. The van der Waals surface area contributed by atoms with E-state index in [-0.39, 0.29) is 22.4 Å². The number of alkyl halides is 2. The van der Waals surface area contributed by atoms with Crippen molar-refractivity contribution in [3.05, 3.63) is 64.7 Å². The van der Waals surface area contributed by atoms with Crippen LogP contribution >= 0.6 is 0 Å². The molecule has 0 aliphatic rings. The Hall–Kier alpha value is -2.08. The third kappa shape index (κ3) is 3.16. The van der Waals surface area contributed by atoms with E-state index in [1.165, 1.54) is 37.3 Å². The third-order valence-electron chi connectivity index (χ3n) is 3.11. The van der Waals surface area contributed by atoms with Crippen LogP contribution in [-0.2, 0) is 0 Å². The molecule has 0 aliphatic carbocycles. The van der Waals surface area contributed by atoms with E-state index in [2.05, 4.69) is 4.74 Å². The van der Waals surface area contributed by atoms with Crippen molar-refractivity contribution in [1.82, 2.24) is 0 Å². The molecule has 0 saturated carbocycles. The molecule has 2 N–H and O–H groups in total. The molecule has 2 aromatic carbocycles. The zero-order chi connectivity index (χ0) is 15.6. The highest BCUT2D eigenvalue weighted by atomic mass is 19.3. The number of benzene rings is 2. The van der Waals surface area contributed by atoms with Gasteiger partial charge in [-0.25, -0.2) is 8.78 Å². The van der Waals surface area contributed by atoms with Crippen LogP contribution in [0, 0.1) is 18.6 Å². The van der Waals surface area contributed by atoms with Crippen LogP contribution in [0.2, 0.25) is 0 Å². The van der Waals surface area contributed by atoms with Gasteiger partial charge in [-0.2, -0.15) is 8.78 Å². The van der Waals surface area contributed by atoms with E-state index in [0.29, 0.717) is 0 Å². The zero-order valence-electron chi connectivity index (χ0n) is 11.1. The first kappa shape index (κ1) is 15.3. The lowest BCUT2D eigenvalue weighted by molar-refractivity contribution is -0.0505. The van der Waals surface area contributed by atoms with Crippen LogP contribution in [-0.4, -0.2) is 6.61 Å². The average molecular weight is 299 g/mol. The maximum Gasteiger partial charge on any atom is 0.387 e. The van der Waals surface area contributed by atoms with Crippen molar-refractivity contribution in [3.8, 4) is 5.75 Å². The Kier molecular flexibility index (Phi) is 4.47. The second kappa shape index (κ2) is 6.13. The van der Waals surface area contributed by atoms with Gasteiger partial charge < -0.3 is 10.5 Å². The molecule has 6 heteroatoms. The molecule has 0 heterocycles. The van der Waals surface area contributed by atoms with Gasteiger partial charge in [-0.1, -0.05) is 30.3 Å². The van der Waals surface area contributed by atoms with Gasteiger partial charge in [-0.3, -0.25) is 0 Å². The molecule has 1 unspecified atom stereocenters. The Morgan fingerprint density at radius 1 is 0.952 bits per heavy atom. The Labute approximate surface area is 119 Å². The summed E-state index contributed by atoms with van der Waals surface area (Å²) in [6, 6.07) is 7.36. The number of halogens is 4. The molecule has 0 spiro atoms. The number of para-hydroxylation sites is 1. The summed E-state index contributed by atoms with van der Waals surface area (Å²) in [4.78, 5) is 0. The molecule has 2 nitrogen and oxygen atoms in total. The van der Waals surface area contributed by atoms with Gasteiger partial charge in [-0.05, 0) is 18.6 Å². The predicted octanol–water partition coefficient (Wildman–Crippen LogP) is 3.92. The minimum absolute atomic E-state index is 0.122. The van der Waals surface area contributed by atoms with Gasteiger partial charge >= 0.3 is 6.61 Å². The van der Waals surface area contributed by atoms with Crippen molar-refractivity contribution in [2.24, 2.45) is 5.73 Å². The second-order valence-electron chi connectivity index (χ2n) is 4.49. The van der Waals surface area contributed by atoms with E-state index < -0.39 is 24.3 Å². The minimum Gasteiger partial charge on any atom is -0.434 e. The van der Waals surface area contributed by atoms with E-state index >= 15 is 0 Å². The fourth-order valence-electron chi connectivity index (χ4n) is 2.01. The topological polar surface area (TPSA) is 35.2 Å². The van der Waals surface area contributed by atoms with E-state index in [4.69, 9.17) is 5.73 Å². The summed E-state index contributed by atoms with van der Waals surface area (Å²) in [5.41, 5.74) is 6.05. The van der Waals surface area contributed by atoms with Crippen molar-refractivity contribution < 1.29 is 22.3 Å². The van der Waals surface area contributed by atoms with Gasteiger partial charge in [0.15, 0.2) is 11.6 Å². The van der Waals surface area contributed by atoms with Gasteiger partial charge in [0.1, 0.15) is 5.75 Å². The Morgan fingerprint density at radius 2 is 1.62 bits per heavy atom. The summed E-state index contributed by atoms with van der Waals surface area (Å²) in [6.07, 6.45) is 0. The highest BCUT2D eigenvalue weighted by Gasteiger charge is 2.21. The molecule has 0 saturated heterocycles. The average Bonchev–Trinajstić information content (AvgIpc) is 2.44. The van der Waals surface area contributed by atoms with Crippen LogP contribution in [0.25, 0.3) is 0 Å². The van der Waals surface area contributed by atoms with E-state index in [0.717, 1.165) is 0 Å². The van der Waals surface area contributed by atoms with E-state index in [9.17, 15) is 17.6 Å². The third-order valence-corrected chi connectivity index (χ3v) is 3.11. The fraction of sp³-hybridized carbons (Fsp3) is 0.200. The Balaban J connectivity index is 2.45. The quantitative estimate of drug-likeness (QED) is 0.868. The molecule has 0 bridgehead atoms. The maximum absolute atomic E-state index is 13.9. The summed E-state index contributed by atoms with van der Waals surface area (Å²) >= 11 is 0. The highest BCUT2D eigenvalue weighted by Crippen LogP contribution is 2.31. The number of hydrogen-bond donors (Lipinski definition) is 1. The molecular weight excluding hydrogens is 286 g/mol. The monoisotopic (exact) mass is 299 g/mol. The minimum atomic E-state index is -3.03. The Bertz CT molecular complexity index is 646. The van der Waals surface area contributed by atoms with Crippen LogP contribution < -0.4 is 10.5 Å².